The van der Waals surface area contributed by atoms with Crippen molar-refractivity contribution >= 4 is 17.5 Å². The third kappa shape index (κ3) is 1.85. The van der Waals surface area contributed by atoms with Gasteiger partial charge in [-0.1, -0.05) is 18.2 Å². The van der Waals surface area contributed by atoms with Crippen LogP contribution in [0.3, 0.4) is 0 Å². The molecule has 0 radical (unpaired) electrons. The van der Waals surface area contributed by atoms with E-state index < -0.39 is 0 Å². The van der Waals surface area contributed by atoms with Gasteiger partial charge in [0.15, 0.2) is 0 Å². The molecule has 2 amide bonds. The maximum absolute atomic E-state index is 12.2. The maximum atomic E-state index is 12.2. The molecule has 0 atom stereocenters. The monoisotopic (exact) mass is 253 g/mol. The van der Waals surface area contributed by atoms with Gasteiger partial charge in [0.2, 0.25) is 0 Å². The molecule has 0 saturated carbocycles. The van der Waals surface area contributed by atoms with Crippen molar-refractivity contribution in [3.63, 3.8) is 0 Å². The van der Waals surface area contributed by atoms with E-state index in [0.717, 1.165) is 28.2 Å². The summed E-state index contributed by atoms with van der Waals surface area (Å²) in [6.07, 6.45) is 1.79. The van der Waals surface area contributed by atoms with Crippen LogP contribution in [0.5, 0.6) is 0 Å². The molecule has 3 rings (SSSR count). The Hall–Kier alpha value is -2.36. The molecule has 0 fully saturated rings. The number of carbonyl (C=O) groups excluding carboxylic acids is 1. The van der Waals surface area contributed by atoms with Gasteiger partial charge in [-0.3, -0.25) is 4.90 Å². The molecule has 0 unspecified atom stereocenters. The second-order valence-corrected chi connectivity index (χ2v) is 4.60. The number of anilines is 2. The summed E-state index contributed by atoms with van der Waals surface area (Å²) in [4.78, 5) is 18.3. The van der Waals surface area contributed by atoms with E-state index in [1.54, 1.807) is 11.1 Å². The number of hydrogen-bond acceptors (Lipinski definition) is 2. The van der Waals surface area contributed by atoms with E-state index in [1.165, 1.54) is 0 Å². The highest BCUT2D eigenvalue weighted by Gasteiger charge is 2.25. The number of amides is 2. The number of hydrogen-bond donors (Lipinski definition) is 1. The fourth-order valence-electron chi connectivity index (χ4n) is 2.37. The van der Waals surface area contributed by atoms with Crippen molar-refractivity contribution in [3.05, 3.63) is 42.1 Å². The topological polar surface area (TPSA) is 45.2 Å². The summed E-state index contributed by atoms with van der Waals surface area (Å²) in [6, 6.07) is 9.75. The third-order valence-corrected chi connectivity index (χ3v) is 3.28. The molecule has 0 saturated heterocycles. The van der Waals surface area contributed by atoms with Gasteiger partial charge in [-0.2, -0.15) is 0 Å². The normalized spacial score (nSPS) is 13.4. The van der Waals surface area contributed by atoms with E-state index in [9.17, 15) is 4.79 Å². The number of aromatic nitrogens is 1. The number of fused-ring (bicyclic) bond motifs is 3. The fraction of sp³-hybridized carbons (Fsp3) is 0.200. The van der Waals surface area contributed by atoms with Gasteiger partial charge in [0.25, 0.3) is 0 Å². The van der Waals surface area contributed by atoms with E-state index in [1.807, 2.05) is 38.1 Å². The molecular formula is C15H15N3O. The van der Waals surface area contributed by atoms with Crippen LogP contribution in [0.25, 0.3) is 11.1 Å². The van der Waals surface area contributed by atoms with Gasteiger partial charge in [0.05, 0.1) is 5.69 Å². The summed E-state index contributed by atoms with van der Waals surface area (Å²) >= 11 is 0. The quantitative estimate of drug-likeness (QED) is 0.846. The Morgan fingerprint density at radius 2 is 2.05 bits per heavy atom. The second-order valence-electron chi connectivity index (χ2n) is 4.60. The summed E-state index contributed by atoms with van der Waals surface area (Å²) < 4.78 is 0. The maximum Gasteiger partial charge on any atom is 0.327 e. The molecule has 0 bridgehead atoms. The van der Waals surface area contributed by atoms with Gasteiger partial charge in [-0.25, -0.2) is 9.78 Å². The first kappa shape index (κ1) is 11.7. The number of benzene rings is 1. The van der Waals surface area contributed by atoms with E-state index in [-0.39, 0.29) is 6.03 Å². The lowest BCUT2D eigenvalue weighted by Crippen LogP contribution is -2.34. The Morgan fingerprint density at radius 1 is 1.26 bits per heavy atom. The first-order chi connectivity index (χ1) is 9.20. The van der Waals surface area contributed by atoms with Gasteiger partial charge in [0, 0.05) is 23.9 Å². The molecule has 1 N–H and O–H groups in total. The second kappa shape index (κ2) is 4.39. The average molecular weight is 253 g/mol. The highest BCUT2D eigenvalue weighted by molar-refractivity contribution is 6.09. The molecule has 1 aromatic heterocycles. The van der Waals surface area contributed by atoms with Crippen LogP contribution in [0, 0.1) is 6.92 Å². The summed E-state index contributed by atoms with van der Waals surface area (Å²) in [5.41, 5.74) is 3.92. The number of para-hydroxylation sites is 1. The van der Waals surface area contributed by atoms with Crippen molar-refractivity contribution in [2.75, 3.05) is 16.8 Å². The van der Waals surface area contributed by atoms with Crippen molar-refractivity contribution in [2.24, 2.45) is 0 Å². The van der Waals surface area contributed by atoms with Crippen LogP contribution in [0.1, 0.15) is 12.5 Å². The molecular weight excluding hydrogens is 238 g/mol. The summed E-state index contributed by atoms with van der Waals surface area (Å²) in [7, 11) is 0. The molecule has 96 valence electrons. The van der Waals surface area contributed by atoms with Crippen LogP contribution in [0.4, 0.5) is 16.3 Å². The highest BCUT2D eigenvalue weighted by atomic mass is 16.2. The molecule has 2 aromatic rings. The number of nitrogens with zero attached hydrogens (tertiary/aromatic N) is 2. The Balaban J connectivity index is 2.31. The number of pyridine rings is 1. The number of aryl methyl sites for hydroxylation is 1. The van der Waals surface area contributed by atoms with Crippen LogP contribution in [0.2, 0.25) is 0 Å². The lowest BCUT2D eigenvalue weighted by molar-refractivity contribution is 0.257. The lowest BCUT2D eigenvalue weighted by atomic mass is 10.0. The Labute approximate surface area is 112 Å². The zero-order valence-electron chi connectivity index (χ0n) is 11.0. The Kier molecular flexibility index (Phi) is 2.71. The number of nitrogens with one attached hydrogen (secondary N) is 1. The van der Waals surface area contributed by atoms with Crippen molar-refractivity contribution in [1.29, 1.82) is 0 Å². The van der Waals surface area contributed by atoms with Crippen molar-refractivity contribution in [1.82, 2.24) is 4.98 Å². The molecule has 1 aliphatic heterocycles. The summed E-state index contributed by atoms with van der Waals surface area (Å²) in [5.74, 6) is 0.718. The first-order valence-electron chi connectivity index (χ1n) is 6.35. The minimum absolute atomic E-state index is 0.134. The van der Waals surface area contributed by atoms with E-state index >= 15 is 0 Å². The molecule has 1 aliphatic rings. The molecule has 1 aromatic carbocycles. The van der Waals surface area contributed by atoms with Gasteiger partial charge >= 0.3 is 6.03 Å². The Bertz CT molecular complexity index is 652. The standard InChI is InChI=1S/C15H15N3O/c1-3-18-14-12(8-10(2)9-16-14)11-6-4-5-7-13(11)17-15(18)19/h4-9H,3H2,1-2H3,(H,17,19). The summed E-state index contributed by atoms with van der Waals surface area (Å²) in [6.45, 7) is 4.54. The first-order valence-corrected chi connectivity index (χ1v) is 6.35. The van der Waals surface area contributed by atoms with Gasteiger partial charge in [-0.15, -0.1) is 0 Å². The van der Waals surface area contributed by atoms with E-state index in [0.29, 0.717) is 6.54 Å². The zero-order valence-corrected chi connectivity index (χ0v) is 11.0. The zero-order chi connectivity index (χ0) is 13.4. The third-order valence-electron chi connectivity index (χ3n) is 3.28. The molecule has 4 heteroatoms. The highest BCUT2D eigenvalue weighted by Crippen LogP contribution is 2.37. The largest absolute Gasteiger partial charge is 0.327 e. The SMILES string of the molecule is CCN1C(=O)Nc2ccccc2-c2cc(C)cnc21. The molecule has 0 spiro atoms. The van der Waals surface area contributed by atoms with Crippen LogP contribution < -0.4 is 10.2 Å². The van der Waals surface area contributed by atoms with Crippen LogP contribution >= 0.6 is 0 Å². The van der Waals surface area contributed by atoms with Crippen molar-refractivity contribution in [2.45, 2.75) is 13.8 Å². The van der Waals surface area contributed by atoms with Gasteiger partial charge in [-0.05, 0) is 31.5 Å². The van der Waals surface area contributed by atoms with Crippen LogP contribution in [-0.4, -0.2) is 17.6 Å². The minimum Gasteiger partial charge on any atom is -0.307 e. The smallest absolute Gasteiger partial charge is 0.307 e. The van der Waals surface area contributed by atoms with Crippen LogP contribution in [-0.2, 0) is 0 Å². The van der Waals surface area contributed by atoms with E-state index in [2.05, 4.69) is 16.4 Å². The van der Waals surface area contributed by atoms with E-state index in [4.69, 9.17) is 0 Å². The number of urea groups is 1. The summed E-state index contributed by atoms with van der Waals surface area (Å²) in [5, 5.41) is 2.94. The molecule has 4 nitrogen and oxygen atoms in total. The molecule has 0 aliphatic carbocycles. The predicted molar refractivity (Wildman–Crippen MR) is 76.4 cm³/mol. The minimum atomic E-state index is -0.134. The molecule has 2 heterocycles. The predicted octanol–water partition coefficient (Wildman–Crippen LogP) is 3.43. The number of rotatable bonds is 1. The van der Waals surface area contributed by atoms with Crippen LogP contribution in [0.15, 0.2) is 36.5 Å². The fourth-order valence-corrected chi connectivity index (χ4v) is 2.37. The lowest BCUT2D eigenvalue weighted by Gasteiger charge is -2.19. The Morgan fingerprint density at radius 3 is 2.84 bits per heavy atom. The van der Waals surface area contributed by atoms with Crippen molar-refractivity contribution in [3.8, 4) is 11.1 Å². The average Bonchev–Trinajstić information content (AvgIpc) is 2.52. The number of carbonyl (C=O) groups is 1. The molecule has 19 heavy (non-hydrogen) atoms. The van der Waals surface area contributed by atoms with Gasteiger partial charge < -0.3 is 5.32 Å². The van der Waals surface area contributed by atoms with Gasteiger partial charge in [0.1, 0.15) is 5.82 Å². The van der Waals surface area contributed by atoms with Crippen molar-refractivity contribution < 1.29 is 4.79 Å².